The number of pyridine rings is 1. The van der Waals surface area contributed by atoms with E-state index in [9.17, 15) is 4.39 Å². The lowest BCUT2D eigenvalue weighted by molar-refractivity contribution is 0.386. The quantitative estimate of drug-likeness (QED) is 0.897. The summed E-state index contributed by atoms with van der Waals surface area (Å²) >= 11 is 0. The van der Waals surface area contributed by atoms with Crippen LogP contribution in [0.25, 0.3) is 0 Å². The first-order valence-corrected chi connectivity index (χ1v) is 6.17. The van der Waals surface area contributed by atoms with Gasteiger partial charge in [-0.2, -0.15) is 0 Å². The zero-order valence-corrected chi connectivity index (χ0v) is 10.8. The van der Waals surface area contributed by atoms with Crippen molar-refractivity contribution in [2.45, 2.75) is 18.9 Å². The summed E-state index contributed by atoms with van der Waals surface area (Å²) in [6, 6.07) is 10.6. The zero-order chi connectivity index (χ0) is 13.7. The van der Waals surface area contributed by atoms with Gasteiger partial charge in [-0.15, -0.1) is 0 Å². The van der Waals surface area contributed by atoms with Crippen molar-refractivity contribution < 1.29 is 9.13 Å². The molecule has 0 saturated heterocycles. The molecule has 2 rings (SSSR count). The summed E-state index contributed by atoms with van der Waals surface area (Å²) in [7, 11) is 1.45. The Balaban J connectivity index is 1.99. The van der Waals surface area contributed by atoms with E-state index in [1.807, 2.05) is 24.3 Å². The van der Waals surface area contributed by atoms with Crippen molar-refractivity contribution in [3.05, 3.63) is 59.7 Å². The highest BCUT2D eigenvalue weighted by Crippen LogP contribution is 2.18. The van der Waals surface area contributed by atoms with Gasteiger partial charge in [0.25, 0.3) is 0 Å². The van der Waals surface area contributed by atoms with Crippen molar-refractivity contribution in [3.8, 4) is 5.75 Å². The van der Waals surface area contributed by atoms with E-state index in [1.165, 1.54) is 13.2 Å². The molecule has 0 aliphatic heterocycles. The zero-order valence-electron chi connectivity index (χ0n) is 10.8. The second kappa shape index (κ2) is 6.29. The van der Waals surface area contributed by atoms with Crippen LogP contribution in [0.5, 0.6) is 5.75 Å². The first kappa shape index (κ1) is 13.5. The van der Waals surface area contributed by atoms with Crippen LogP contribution >= 0.6 is 0 Å². The number of hydrogen-bond donors (Lipinski definition) is 1. The van der Waals surface area contributed by atoms with E-state index in [-0.39, 0.29) is 17.6 Å². The topological polar surface area (TPSA) is 48.1 Å². The molecule has 0 amide bonds. The molecule has 0 aliphatic carbocycles. The van der Waals surface area contributed by atoms with Crippen molar-refractivity contribution in [3.63, 3.8) is 0 Å². The number of benzene rings is 1. The second-order valence-electron chi connectivity index (χ2n) is 4.46. The number of hydrogen-bond acceptors (Lipinski definition) is 3. The highest BCUT2D eigenvalue weighted by molar-refractivity contribution is 5.29. The van der Waals surface area contributed by atoms with Crippen molar-refractivity contribution in [1.82, 2.24) is 4.98 Å². The van der Waals surface area contributed by atoms with Gasteiger partial charge in [-0.25, -0.2) is 4.39 Å². The van der Waals surface area contributed by atoms with Gasteiger partial charge in [0.2, 0.25) is 0 Å². The van der Waals surface area contributed by atoms with Crippen LogP contribution in [0.1, 0.15) is 11.3 Å². The Morgan fingerprint density at radius 1 is 1.26 bits per heavy atom. The smallest absolute Gasteiger partial charge is 0.165 e. The second-order valence-corrected chi connectivity index (χ2v) is 4.46. The molecule has 19 heavy (non-hydrogen) atoms. The molecule has 1 atom stereocenters. The average Bonchev–Trinajstić information content (AvgIpc) is 2.40. The minimum Gasteiger partial charge on any atom is -0.494 e. The lowest BCUT2D eigenvalue weighted by Gasteiger charge is -2.12. The van der Waals surface area contributed by atoms with Gasteiger partial charge in [0, 0.05) is 24.4 Å². The van der Waals surface area contributed by atoms with Crippen LogP contribution in [0, 0.1) is 5.82 Å². The standard InChI is InChI=1S/C15H17FN2O/c1-19-15-6-5-11(9-14(15)16)8-12(17)10-13-4-2-3-7-18-13/h2-7,9,12H,8,10,17H2,1H3. The van der Waals surface area contributed by atoms with E-state index in [4.69, 9.17) is 10.5 Å². The number of nitrogens with zero attached hydrogens (tertiary/aromatic N) is 1. The summed E-state index contributed by atoms with van der Waals surface area (Å²) in [4.78, 5) is 4.23. The molecule has 0 bridgehead atoms. The molecule has 1 heterocycles. The summed E-state index contributed by atoms with van der Waals surface area (Å²) < 4.78 is 18.4. The van der Waals surface area contributed by atoms with Gasteiger partial charge in [-0.3, -0.25) is 4.98 Å². The van der Waals surface area contributed by atoms with Crippen molar-refractivity contribution in [1.29, 1.82) is 0 Å². The van der Waals surface area contributed by atoms with Crippen LogP contribution in [0.4, 0.5) is 4.39 Å². The SMILES string of the molecule is COc1ccc(CC(N)Cc2ccccn2)cc1F. The minimum atomic E-state index is -0.356. The molecule has 0 aliphatic rings. The van der Waals surface area contributed by atoms with Crippen LogP contribution in [0.2, 0.25) is 0 Å². The maximum absolute atomic E-state index is 13.5. The largest absolute Gasteiger partial charge is 0.494 e. The fraction of sp³-hybridized carbons (Fsp3) is 0.267. The summed E-state index contributed by atoms with van der Waals surface area (Å²) in [5, 5.41) is 0. The third-order valence-corrected chi connectivity index (χ3v) is 2.91. The Morgan fingerprint density at radius 2 is 2.11 bits per heavy atom. The van der Waals surface area contributed by atoms with E-state index in [1.54, 1.807) is 12.3 Å². The van der Waals surface area contributed by atoms with E-state index in [0.717, 1.165) is 11.3 Å². The fourth-order valence-corrected chi connectivity index (χ4v) is 2.00. The predicted molar refractivity (Wildman–Crippen MR) is 72.6 cm³/mol. The normalized spacial score (nSPS) is 12.2. The van der Waals surface area contributed by atoms with Gasteiger partial charge >= 0.3 is 0 Å². The molecule has 2 N–H and O–H groups in total. The Hall–Kier alpha value is -1.94. The Labute approximate surface area is 112 Å². The molecule has 1 aromatic carbocycles. The highest BCUT2D eigenvalue weighted by Gasteiger charge is 2.09. The summed E-state index contributed by atoms with van der Waals surface area (Å²) in [5.41, 5.74) is 7.88. The van der Waals surface area contributed by atoms with Gasteiger partial charge in [0.15, 0.2) is 11.6 Å². The molecular weight excluding hydrogens is 243 g/mol. The third kappa shape index (κ3) is 3.76. The Kier molecular flexibility index (Phi) is 4.47. The van der Waals surface area contributed by atoms with Gasteiger partial charge in [0.05, 0.1) is 7.11 Å². The molecule has 1 aromatic heterocycles. The molecule has 3 nitrogen and oxygen atoms in total. The van der Waals surface area contributed by atoms with E-state index < -0.39 is 0 Å². The Bertz CT molecular complexity index is 531. The lowest BCUT2D eigenvalue weighted by atomic mass is 10.0. The minimum absolute atomic E-state index is 0.0808. The summed E-state index contributed by atoms with van der Waals surface area (Å²) in [6.45, 7) is 0. The maximum Gasteiger partial charge on any atom is 0.165 e. The third-order valence-electron chi connectivity index (χ3n) is 2.91. The van der Waals surface area contributed by atoms with Crippen molar-refractivity contribution in [2.75, 3.05) is 7.11 Å². The Morgan fingerprint density at radius 3 is 2.74 bits per heavy atom. The van der Waals surface area contributed by atoms with Crippen molar-refractivity contribution in [2.24, 2.45) is 5.73 Å². The van der Waals surface area contributed by atoms with Crippen LogP contribution in [-0.2, 0) is 12.8 Å². The molecule has 1 unspecified atom stereocenters. The highest BCUT2D eigenvalue weighted by atomic mass is 19.1. The molecule has 0 radical (unpaired) electrons. The van der Waals surface area contributed by atoms with Crippen LogP contribution < -0.4 is 10.5 Å². The van der Waals surface area contributed by atoms with Gasteiger partial charge in [-0.1, -0.05) is 12.1 Å². The summed E-state index contributed by atoms with van der Waals surface area (Å²) in [5.74, 6) is -0.105. The number of halogens is 1. The first-order valence-electron chi connectivity index (χ1n) is 6.17. The molecule has 0 spiro atoms. The molecule has 0 saturated carbocycles. The molecule has 2 aromatic rings. The van der Waals surface area contributed by atoms with Crippen molar-refractivity contribution >= 4 is 0 Å². The molecular formula is C15H17FN2O. The number of nitrogens with two attached hydrogens (primary N) is 1. The molecule has 4 heteroatoms. The number of ether oxygens (including phenoxy) is 1. The predicted octanol–water partition coefficient (Wildman–Crippen LogP) is 2.34. The van der Waals surface area contributed by atoms with Crippen LogP contribution in [-0.4, -0.2) is 18.1 Å². The van der Waals surface area contributed by atoms with E-state index in [2.05, 4.69) is 4.98 Å². The first-order chi connectivity index (χ1) is 9.19. The molecule has 100 valence electrons. The lowest BCUT2D eigenvalue weighted by Crippen LogP contribution is -2.26. The monoisotopic (exact) mass is 260 g/mol. The van der Waals surface area contributed by atoms with E-state index in [0.29, 0.717) is 12.8 Å². The summed E-state index contributed by atoms with van der Waals surface area (Å²) in [6.07, 6.45) is 3.03. The van der Waals surface area contributed by atoms with Gasteiger partial charge in [0.1, 0.15) is 0 Å². The van der Waals surface area contributed by atoms with Crippen LogP contribution in [0.15, 0.2) is 42.6 Å². The average molecular weight is 260 g/mol. The fourth-order valence-electron chi connectivity index (χ4n) is 2.00. The van der Waals surface area contributed by atoms with E-state index >= 15 is 0 Å². The van der Waals surface area contributed by atoms with Gasteiger partial charge < -0.3 is 10.5 Å². The van der Waals surface area contributed by atoms with Crippen LogP contribution in [0.3, 0.4) is 0 Å². The number of aromatic nitrogens is 1. The molecule has 0 fully saturated rings. The number of methoxy groups -OCH3 is 1. The van der Waals surface area contributed by atoms with Gasteiger partial charge in [-0.05, 0) is 36.2 Å². The maximum atomic E-state index is 13.5. The number of rotatable bonds is 5.